The van der Waals surface area contributed by atoms with E-state index in [9.17, 15) is 4.79 Å². The number of hydrogen-bond acceptors (Lipinski definition) is 8. The fourth-order valence-corrected chi connectivity index (χ4v) is 3.32. The van der Waals surface area contributed by atoms with Crippen LogP contribution in [0.15, 0.2) is 40.0 Å². The second-order valence-corrected chi connectivity index (χ2v) is 7.83. The van der Waals surface area contributed by atoms with E-state index >= 15 is 0 Å². The largest absolute Gasteiger partial charge is 0.322 e. The van der Waals surface area contributed by atoms with Crippen LogP contribution in [0.4, 0.5) is 5.82 Å². The summed E-state index contributed by atoms with van der Waals surface area (Å²) in [5, 5.41) is 16.5. The summed E-state index contributed by atoms with van der Waals surface area (Å²) >= 11 is 2.73. The molecule has 0 aliphatic heterocycles. The Hall–Kier alpha value is -2.40. The number of carbonyl (C=O) groups excluding carboxylic acids is 1. The fraction of sp³-hybridized carbons (Fsp3) is 0.286. The molecule has 0 aliphatic rings. The van der Waals surface area contributed by atoms with Gasteiger partial charge >= 0.3 is 0 Å². The molecule has 0 radical (unpaired) electrons. The molecule has 0 spiro atoms. The molecule has 3 aromatic rings. The van der Waals surface area contributed by atoms with Gasteiger partial charge in [-0.3, -0.25) is 9.48 Å². The van der Waals surface area contributed by atoms with Gasteiger partial charge in [0.1, 0.15) is 16.4 Å². The Labute approximate surface area is 152 Å². The zero-order valence-corrected chi connectivity index (χ0v) is 15.4. The first-order chi connectivity index (χ1) is 12.0. The van der Waals surface area contributed by atoms with Gasteiger partial charge in [0.05, 0.1) is 6.20 Å². The molecule has 0 fully saturated rings. The second-order valence-electron chi connectivity index (χ2n) is 5.25. The number of aryl methyl sites for hydroxylation is 1. The predicted molar refractivity (Wildman–Crippen MR) is 94.7 cm³/mol. The molecule has 2 N–H and O–H groups in total. The van der Waals surface area contributed by atoms with E-state index in [0.717, 1.165) is 0 Å². The number of amides is 1. The van der Waals surface area contributed by atoms with Crippen LogP contribution in [-0.2, 0) is 7.05 Å². The van der Waals surface area contributed by atoms with Crippen molar-refractivity contribution >= 4 is 35.2 Å². The summed E-state index contributed by atoms with van der Waals surface area (Å²) in [6, 6.07) is 1.72. The Morgan fingerprint density at radius 2 is 2.24 bits per heavy atom. The molecular weight excluding hydrogens is 360 g/mol. The first-order valence-corrected chi connectivity index (χ1v) is 9.09. The van der Waals surface area contributed by atoms with Crippen molar-refractivity contribution in [2.75, 3.05) is 5.32 Å². The quantitative estimate of drug-likeness (QED) is 0.630. The smallest absolute Gasteiger partial charge is 0.278 e. The van der Waals surface area contributed by atoms with Gasteiger partial charge in [0.15, 0.2) is 16.7 Å². The molecule has 11 heteroatoms. The zero-order valence-electron chi connectivity index (χ0n) is 13.8. The maximum atomic E-state index is 12.7. The number of rotatable bonds is 6. The molecule has 0 aromatic carbocycles. The van der Waals surface area contributed by atoms with E-state index < -0.39 is 0 Å². The molecule has 1 amide bonds. The van der Waals surface area contributed by atoms with E-state index in [0.29, 0.717) is 21.0 Å². The van der Waals surface area contributed by atoms with E-state index in [1.807, 2.05) is 13.8 Å². The third kappa shape index (κ3) is 4.57. The van der Waals surface area contributed by atoms with Gasteiger partial charge in [-0.1, -0.05) is 13.8 Å². The van der Waals surface area contributed by atoms with Gasteiger partial charge in [0.2, 0.25) is 0 Å². The van der Waals surface area contributed by atoms with Crippen LogP contribution in [0.5, 0.6) is 0 Å². The SMILES string of the molecule is CC(C)Sc1ncc(Sc2nnc[nH]2)nc1C(=O)Nc1ccn(C)n1. The molecule has 0 aliphatic carbocycles. The van der Waals surface area contributed by atoms with E-state index in [1.54, 1.807) is 30.2 Å². The van der Waals surface area contributed by atoms with Crippen LogP contribution in [0.3, 0.4) is 0 Å². The molecule has 9 nitrogen and oxygen atoms in total. The molecule has 3 aromatic heterocycles. The van der Waals surface area contributed by atoms with Crippen LogP contribution in [-0.4, -0.2) is 46.1 Å². The molecule has 25 heavy (non-hydrogen) atoms. The fourth-order valence-electron chi connectivity index (χ4n) is 1.87. The summed E-state index contributed by atoms with van der Waals surface area (Å²) in [6.07, 6.45) is 4.85. The third-order valence-electron chi connectivity index (χ3n) is 2.83. The molecule has 0 saturated carbocycles. The average Bonchev–Trinajstić information content (AvgIpc) is 3.20. The number of aromatic nitrogens is 7. The maximum absolute atomic E-state index is 12.7. The topological polar surface area (TPSA) is 114 Å². The van der Waals surface area contributed by atoms with Gasteiger partial charge < -0.3 is 10.3 Å². The lowest BCUT2D eigenvalue weighted by Gasteiger charge is -2.10. The Bertz CT molecular complexity index is 862. The van der Waals surface area contributed by atoms with Gasteiger partial charge in [0.25, 0.3) is 5.91 Å². The normalized spacial score (nSPS) is 11.0. The summed E-state index contributed by atoms with van der Waals surface area (Å²) in [4.78, 5) is 24.4. The van der Waals surface area contributed by atoms with Crippen LogP contribution >= 0.6 is 23.5 Å². The van der Waals surface area contributed by atoms with E-state index in [-0.39, 0.29) is 16.9 Å². The highest BCUT2D eigenvalue weighted by atomic mass is 32.2. The second kappa shape index (κ2) is 7.66. The first kappa shape index (κ1) is 17.4. The van der Waals surface area contributed by atoms with Crippen LogP contribution in [0.2, 0.25) is 0 Å². The van der Waals surface area contributed by atoms with Crippen LogP contribution < -0.4 is 5.32 Å². The van der Waals surface area contributed by atoms with Crippen LogP contribution in [0.25, 0.3) is 0 Å². The van der Waals surface area contributed by atoms with Gasteiger partial charge in [0, 0.05) is 24.6 Å². The van der Waals surface area contributed by atoms with E-state index in [4.69, 9.17) is 0 Å². The first-order valence-electron chi connectivity index (χ1n) is 7.40. The van der Waals surface area contributed by atoms with Crippen molar-refractivity contribution in [3.8, 4) is 0 Å². The van der Waals surface area contributed by atoms with Crippen molar-refractivity contribution in [3.63, 3.8) is 0 Å². The number of thioether (sulfide) groups is 1. The monoisotopic (exact) mass is 376 g/mol. The van der Waals surface area contributed by atoms with Crippen molar-refractivity contribution < 1.29 is 4.79 Å². The lowest BCUT2D eigenvalue weighted by molar-refractivity contribution is 0.101. The molecule has 0 atom stereocenters. The molecular formula is C14H16N8OS2. The minimum atomic E-state index is -0.352. The number of nitrogens with zero attached hydrogens (tertiary/aromatic N) is 6. The number of H-pyrrole nitrogens is 1. The standard InChI is InChI=1S/C14H16N8OS2/c1-8(2)24-13-11(12(23)18-9-4-5-22(3)21-9)19-10(6-15-13)25-14-16-7-17-20-14/h4-8H,1-3H3,(H,16,17,20)(H,18,21,23). The summed E-state index contributed by atoms with van der Waals surface area (Å²) in [5.74, 6) is 0.109. The van der Waals surface area contributed by atoms with E-state index in [2.05, 4.69) is 35.6 Å². The summed E-state index contributed by atoms with van der Waals surface area (Å²) in [6.45, 7) is 4.06. The molecule has 130 valence electrons. The number of carbonyl (C=O) groups is 1. The molecule has 0 unspecified atom stereocenters. The van der Waals surface area contributed by atoms with Crippen molar-refractivity contribution in [2.24, 2.45) is 7.05 Å². The van der Waals surface area contributed by atoms with Crippen LogP contribution in [0, 0.1) is 0 Å². The van der Waals surface area contributed by atoms with Crippen molar-refractivity contribution in [1.82, 2.24) is 34.9 Å². The van der Waals surface area contributed by atoms with Crippen molar-refractivity contribution in [2.45, 2.75) is 34.3 Å². The van der Waals surface area contributed by atoms with E-state index in [1.165, 1.54) is 29.9 Å². The average molecular weight is 376 g/mol. The molecule has 3 rings (SSSR count). The zero-order chi connectivity index (χ0) is 17.8. The Kier molecular flexibility index (Phi) is 5.34. The minimum absolute atomic E-state index is 0.258. The summed E-state index contributed by atoms with van der Waals surface area (Å²) in [5.41, 5.74) is 0.258. The lowest BCUT2D eigenvalue weighted by Crippen LogP contribution is -2.17. The van der Waals surface area contributed by atoms with Gasteiger partial charge in [-0.15, -0.1) is 22.0 Å². The summed E-state index contributed by atoms with van der Waals surface area (Å²) < 4.78 is 1.61. The maximum Gasteiger partial charge on any atom is 0.278 e. The molecule has 3 heterocycles. The number of aromatic amines is 1. The van der Waals surface area contributed by atoms with Gasteiger partial charge in [-0.2, -0.15) is 5.10 Å². The summed E-state index contributed by atoms with van der Waals surface area (Å²) in [7, 11) is 1.78. The third-order valence-corrected chi connectivity index (χ3v) is 4.62. The van der Waals surface area contributed by atoms with Crippen molar-refractivity contribution in [3.05, 3.63) is 30.5 Å². The molecule has 0 bridgehead atoms. The minimum Gasteiger partial charge on any atom is -0.322 e. The number of nitrogens with one attached hydrogen (secondary N) is 2. The predicted octanol–water partition coefficient (Wildman–Crippen LogP) is 2.23. The highest BCUT2D eigenvalue weighted by molar-refractivity contribution is 8.00. The number of hydrogen-bond donors (Lipinski definition) is 2. The number of anilines is 1. The molecule has 0 saturated heterocycles. The van der Waals surface area contributed by atoms with Gasteiger partial charge in [-0.25, -0.2) is 9.97 Å². The highest BCUT2D eigenvalue weighted by Crippen LogP contribution is 2.28. The Balaban J connectivity index is 1.87. The lowest BCUT2D eigenvalue weighted by atomic mass is 10.4. The highest BCUT2D eigenvalue weighted by Gasteiger charge is 2.19. The van der Waals surface area contributed by atoms with Crippen molar-refractivity contribution in [1.29, 1.82) is 0 Å². The van der Waals surface area contributed by atoms with Crippen LogP contribution in [0.1, 0.15) is 24.3 Å². The Morgan fingerprint density at radius 3 is 2.88 bits per heavy atom. The Morgan fingerprint density at radius 1 is 1.40 bits per heavy atom. The van der Waals surface area contributed by atoms with Gasteiger partial charge in [-0.05, 0) is 11.8 Å².